The van der Waals surface area contributed by atoms with Gasteiger partial charge >= 0.3 is 0 Å². The topological polar surface area (TPSA) is 24.9 Å². The Bertz CT molecular complexity index is 513. The van der Waals surface area contributed by atoms with Gasteiger partial charge in [0.05, 0.1) is 0 Å². The highest BCUT2D eigenvalue weighted by molar-refractivity contribution is 7.98. The molecule has 1 unspecified atom stereocenters. The molecule has 3 heteroatoms. The number of hydrogen-bond donors (Lipinski definition) is 1. The number of pyridine rings is 1. The first-order valence-corrected chi connectivity index (χ1v) is 8.32. The summed E-state index contributed by atoms with van der Waals surface area (Å²) < 4.78 is 0. The first-order chi connectivity index (χ1) is 9.85. The van der Waals surface area contributed by atoms with E-state index in [0.717, 1.165) is 19.4 Å². The average molecular weight is 286 g/mol. The molecule has 2 rings (SSSR count). The molecule has 0 saturated carbocycles. The fourth-order valence-corrected chi connectivity index (χ4v) is 2.98. The van der Waals surface area contributed by atoms with Crippen LogP contribution < -0.4 is 5.32 Å². The summed E-state index contributed by atoms with van der Waals surface area (Å²) in [6, 6.07) is 13.2. The zero-order chi connectivity index (χ0) is 14.2. The third kappa shape index (κ3) is 4.09. The Labute approximate surface area is 126 Å². The second-order valence-corrected chi connectivity index (χ2v) is 5.66. The van der Waals surface area contributed by atoms with Crippen LogP contribution in [0.15, 0.2) is 53.7 Å². The zero-order valence-electron chi connectivity index (χ0n) is 12.2. The van der Waals surface area contributed by atoms with E-state index in [1.807, 2.05) is 24.2 Å². The van der Waals surface area contributed by atoms with Gasteiger partial charge in [-0.2, -0.15) is 0 Å². The average Bonchev–Trinajstić information content (AvgIpc) is 2.52. The Kier molecular flexibility index (Phi) is 6.09. The van der Waals surface area contributed by atoms with Crippen LogP contribution in [0.4, 0.5) is 0 Å². The van der Waals surface area contributed by atoms with E-state index in [2.05, 4.69) is 59.9 Å². The predicted molar refractivity (Wildman–Crippen MR) is 87.2 cm³/mol. The number of benzene rings is 1. The van der Waals surface area contributed by atoms with Crippen molar-refractivity contribution in [3.05, 3.63) is 59.9 Å². The number of rotatable bonds is 7. The lowest BCUT2D eigenvalue weighted by Gasteiger charge is -2.21. The van der Waals surface area contributed by atoms with Gasteiger partial charge in [-0.25, -0.2) is 0 Å². The van der Waals surface area contributed by atoms with Gasteiger partial charge in [-0.05, 0) is 55.0 Å². The Hall–Kier alpha value is -1.32. The number of nitrogens with one attached hydrogen (secondary N) is 1. The molecule has 0 bridgehead atoms. The molecular formula is C17H22N2S. The summed E-state index contributed by atoms with van der Waals surface area (Å²) in [5.74, 6) is 0. The van der Waals surface area contributed by atoms with Crippen LogP contribution >= 0.6 is 11.8 Å². The molecule has 0 aliphatic heterocycles. The molecule has 1 N–H and O–H groups in total. The molecule has 1 atom stereocenters. The Morgan fingerprint density at radius 1 is 1.15 bits per heavy atom. The van der Waals surface area contributed by atoms with Gasteiger partial charge < -0.3 is 5.32 Å². The van der Waals surface area contributed by atoms with Gasteiger partial charge in [0.15, 0.2) is 0 Å². The second kappa shape index (κ2) is 8.08. The third-order valence-electron chi connectivity index (χ3n) is 3.34. The highest BCUT2D eigenvalue weighted by Crippen LogP contribution is 2.28. The van der Waals surface area contributed by atoms with Crippen LogP contribution in [-0.2, 0) is 6.42 Å². The third-order valence-corrected chi connectivity index (χ3v) is 4.16. The summed E-state index contributed by atoms with van der Waals surface area (Å²) in [5.41, 5.74) is 2.72. The van der Waals surface area contributed by atoms with E-state index in [4.69, 9.17) is 0 Å². The molecule has 0 aliphatic carbocycles. The Morgan fingerprint density at radius 2 is 1.90 bits per heavy atom. The first kappa shape index (κ1) is 15.1. The summed E-state index contributed by atoms with van der Waals surface area (Å²) in [5, 5.41) is 3.68. The van der Waals surface area contributed by atoms with Crippen molar-refractivity contribution in [1.29, 1.82) is 0 Å². The maximum atomic E-state index is 4.10. The van der Waals surface area contributed by atoms with Gasteiger partial charge in [0, 0.05) is 23.3 Å². The molecule has 1 aromatic heterocycles. The van der Waals surface area contributed by atoms with Gasteiger partial charge in [0.25, 0.3) is 0 Å². The lowest BCUT2D eigenvalue weighted by atomic mass is 9.99. The highest BCUT2D eigenvalue weighted by atomic mass is 32.2. The minimum atomic E-state index is 0.362. The monoisotopic (exact) mass is 286 g/mol. The molecule has 2 aromatic rings. The van der Waals surface area contributed by atoms with Crippen molar-refractivity contribution in [3.8, 4) is 0 Å². The molecule has 1 heterocycles. The molecule has 2 nitrogen and oxygen atoms in total. The molecule has 0 aliphatic rings. The van der Waals surface area contributed by atoms with Gasteiger partial charge in [-0.15, -0.1) is 11.8 Å². The van der Waals surface area contributed by atoms with Crippen molar-refractivity contribution >= 4 is 11.8 Å². The second-order valence-electron chi connectivity index (χ2n) is 4.81. The standard InChI is InChI=1S/C17H22N2S/c1-3-10-19-16(13-14-8-11-18-12-9-14)15-6-4-5-7-17(15)20-2/h4-9,11-12,16,19H,3,10,13H2,1-2H3. The van der Waals surface area contributed by atoms with E-state index in [1.165, 1.54) is 16.0 Å². The van der Waals surface area contributed by atoms with Crippen molar-refractivity contribution in [2.24, 2.45) is 0 Å². The maximum absolute atomic E-state index is 4.10. The van der Waals surface area contributed by atoms with E-state index in [-0.39, 0.29) is 0 Å². The smallest absolute Gasteiger partial charge is 0.0372 e. The van der Waals surface area contributed by atoms with E-state index >= 15 is 0 Å². The molecule has 0 fully saturated rings. The largest absolute Gasteiger partial charge is 0.310 e. The highest BCUT2D eigenvalue weighted by Gasteiger charge is 2.14. The van der Waals surface area contributed by atoms with Gasteiger partial charge in [0.1, 0.15) is 0 Å². The van der Waals surface area contributed by atoms with E-state index in [0.29, 0.717) is 6.04 Å². The van der Waals surface area contributed by atoms with E-state index < -0.39 is 0 Å². The minimum Gasteiger partial charge on any atom is -0.310 e. The number of thioether (sulfide) groups is 1. The van der Waals surface area contributed by atoms with Gasteiger partial charge in [-0.1, -0.05) is 25.1 Å². The fraction of sp³-hybridized carbons (Fsp3) is 0.353. The van der Waals surface area contributed by atoms with Crippen LogP contribution in [-0.4, -0.2) is 17.8 Å². The Morgan fingerprint density at radius 3 is 2.60 bits per heavy atom. The van der Waals surface area contributed by atoms with Crippen molar-refractivity contribution in [3.63, 3.8) is 0 Å². The van der Waals surface area contributed by atoms with Crippen LogP contribution in [0, 0.1) is 0 Å². The summed E-state index contributed by atoms with van der Waals surface area (Å²) in [7, 11) is 0. The molecule has 0 spiro atoms. The van der Waals surface area contributed by atoms with Crippen molar-refractivity contribution in [1.82, 2.24) is 10.3 Å². The van der Waals surface area contributed by atoms with Crippen LogP contribution in [0.1, 0.15) is 30.5 Å². The molecule has 106 valence electrons. The lowest BCUT2D eigenvalue weighted by Crippen LogP contribution is -2.24. The van der Waals surface area contributed by atoms with Crippen molar-refractivity contribution < 1.29 is 0 Å². The van der Waals surface area contributed by atoms with Gasteiger partial charge in [-0.3, -0.25) is 4.98 Å². The fourth-order valence-electron chi connectivity index (χ4n) is 2.32. The molecule has 0 radical (unpaired) electrons. The number of aromatic nitrogens is 1. The maximum Gasteiger partial charge on any atom is 0.0372 e. The van der Waals surface area contributed by atoms with E-state index in [1.54, 1.807) is 0 Å². The van der Waals surface area contributed by atoms with Crippen molar-refractivity contribution in [2.75, 3.05) is 12.8 Å². The number of hydrogen-bond acceptors (Lipinski definition) is 3. The normalized spacial score (nSPS) is 12.3. The number of nitrogens with zero attached hydrogens (tertiary/aromatic N) is 1. The van der Waals surface area contributed by atoms with Crippen LogP contribution in [0.3, 0.4) is 0 Å². The molecule has 20 heavy (non-hydrogen) atoms. The van der Waals surface area contributed by atoms with E-state index in [9.17, 15) is 0 Å². The summed E-state index contributed by atoms with van der Waals surface area (Å²) >= 11 is 1.82. The summed E-state index contributed by atoms with van der Waals surface area (Å²) in [4.78, 5) is 5.45. The van der Waals surface area contributed by atoms with Gasteiger partial charge in [0.2, 0.25) is 0 Å². The first-order valence-electron chi connectivity index (χ1n) is 7.10. The summed E-state index contributed by atoms with van der Waals surface area (Å²) in [6.07, 6.45) is 8.02. The Balaban J connectivity index is 2.22. The quantitative estimate of drug-likeness (QED) is 0.776. The molecule has 1 aromatic carbocycles. The summed E-state index contributed by atoms with van der Waals surface area (Å²) in [6.45, 7) is 3.25. The molecular weight excluding hydrogens is 264 g/mol. The van der Waals surface area contributed by atoms with Crippen molar-refractivity contribution in [2.45, 2.75) is 30.7 Å². The minimum absolute atomic E-state index is 0.362. The SMILES string of the molecule is CCCNC(Cc1ccncc1)c1ccccc1SC. The molecule has 0 amide bonds. The van der Waals surface area contributed by atoms with Crippen LogP contribution in [0.2, 0.25) is 0 Å². The van der Waals surface area contributed by atoms with Crippen LogP contribution in [0.5, 0.6) is 0 Å². The predicted octanol–water partition coefficient (Wildman–Crippen LogP) is 4.09. The zero-order valence-corrected chi connectivity index (χ0v) is 13.0. The lowest BCUT2D eigenvalue weighted by molar-refractivity contribution is 0.522. The molecule has 0 saturated heterocycles. The van der Waals surface area contributed by atoms with Crippen LogP contribution in [0.25, 0.3) is 0 Å².